The number of para-hydroxylation sites is 1. The third-order valence-corrected chi connectivity index (χ3v) is 3.80. The topological polar surface area (TPSA) is 56.8 Å². The van der Waals surface area contributed by atoms with Crippen LogP contribution in [0.5, 0.6) is 17.2 Å². The Labute approximate surface area is 142 Å². The van der Waals surface area contributed by atoms with Gasteiger partial charge in [0.2, 0.25) is 5.91 Å². The van der Waals surface area contributed by atoms with Crippen molar-refractivity contribution in [2.24, 2.45) is 0 Å². The van der Waals surface area contributed by atoms with Crippen LogP contribution in [-0.2, 0) is 11.2 Å². The molecule has 24 heavy (non-hydrogen) atoms. The maximum absolute atomic E-state index is 12.3. The first-order chi connectivity index (χ1) is 11.6. The van der Waals surface area contributed by atoms with Crippen LogP contribution < -0.4 is 19.5 Å². The molecule has 0 saturated carbocycles. The smallest absolute Gasteiger partial charge is 0.224 e. The Morgan fingerprint density at radius 1 is 0.958 bits per heavy atom. The van der Waals surface area contributed by atoms with E-state index in [1.807, 2.05) is 43.3 Å². The molecule has 0 aromatic heterocycles. The summed E-state index contributed by atoms with van der Waals surface area (Å²) in [5.74, 6) is 1.95. The minimum atomic E-state index is -0.145. The van der Waals surface area contributed by atoms with E-state index >= 15 is 0 Å². The van der Waals surface area contributed by atoms with Crippen LogP contribution in [0.2, 0.25) is 0 Å². The van der Waals surface area contributed by atoms with E-state index in [2.05, 4.69) is 5.32 Å². The van der Waals surface area contributed by atoms with E-state index in [0.717, 1.165) is 16.9 Å². The van der Waals surface area contributed by atoms with Crippen LogP contribution in [-0.4, -0.2) is 27.2 Å². The van der Waals surface area contributed by atoms with Crippen molar-refractivity contribution < 1.29 is 19.0 Å². The van der Waals surface area contributed by atoms with Crippen LogP contribution in [0.15, 0.2) is 42.5 Å². The second-order valence-corrected chi connectivity index (χ2v) is 5.40. The van der Waals surface area contributed by atoms with Gasteiger partial charge in [-0.05, 0) is 30.7 Å². The average Bonchev–Trinajstić information content (AvgIpc) is 2.61. The summed E-state index contributed by atoms with van der Waals surface area (Å²) >= 11 is 0. The number of rotatable bonds is 7. The third-order valence-electron chi connectivity index (χ3n) is 3.80. The van der Waals surface area contributed by atoms with E-state index in [9.17, 15) is 4.79 Å². The molecule has 0 bridgehead atoms. The Morgan fingerprint density at radius 2 is 1.62 bits per heavy atom. The summed E-state index contributed by atoms with van der Waals surface area (Å²) in [6.07, 6.45) is 0.264. The number of hydrogen-bond donors (Lipinski definition) is 1. The Kier molecular flexibility index (Phi) is 6.07. The van der Waals surface area contributed by atoms with Crippen LogP contribution in [0.3, 0.4) is 0 Å². The molecule has 0 saturated heterocycles. The van der Waals surface area contributed by atoms with Crippen LogP contribution in [0.25, 0.3) is 0 Å². The van der Waals surface area contributed by atoms with Crippen molar-refractivity contribution >= 4 is 5.91 Å². The van der Waals surface area contributed by atoms with Crippen LogP contribution in [0.1, 0.15) is 24.1 Å². The zero-order valence-electron chi connectivity index (χ0n) is 14.5. The molecule has 1 amide bonds. The van der Waals surface area contributed by atoms with Gasteiger partial charge in [0.25, 0.3) is 0 Å². The summed E-state index contributed by atoms with van der Waals surface area (Å²) in [6.45, 7) is 1.93. The van der Waals surface area contributed by atoms with Crippen LogP contribution >= 0.6 is 0 Å². The summed E-state index contributed by atoms with van der Waals surface area (Å²) in [7, 11) is 4.78. The van der Waals surface area contributed by atoms with E-state index in [0.29, 0.717) is 11.5 Å². The van der Waals surface area contributed by atoms with Gasteiger partial charge in [0.1, 0.15) is 5.75 Å². The van der Waals surface area contributed by atoms with Crippen molar-refractivity contribution in [3.05, 3.63) is 53.6 Å². The van der Waals surface area contributed by atoms with Crippen molar-refractivity contribution in [2.75, 3.05) is 21.3 Å². The highest BCUT2D eigenvalue weighted by Crippen LogP contribution is 2.28. The van der Waals surface area contributed by atoms with Gasteiger partial charge >= 0.3 is 0 Å². The molecule has 128 valence electrons. The third kappa shape index (κ3) is 4.19. The molecule has 0 aliphatic carbocycles. The second kappa shape index (κ2) is 8.24. The predicted molar refractivity (Wildman–Crippen MR) is 92.8 cm³/mol. The molecule has 1 N–H and O–H groups in total. The van der Waals surface area contributed by atoms with Crippen LogP contribution in [0.4, 0.5) is 0 Å². The fraction of sp³-hybridized carbons (Fsp3) is 0.316. The van der Waals surface area contributed by atoms with Gasteiger partial charge in [0.15, 0.2) is 11.5 Å². The average molecular weight is 329 g/mol. The van der Waals surface area contributed by atoms with Crippen molar-refractivity contribution in [3.63, 3.8) is 0 Å². The van der Waals surface area contributed by atoms with Crippen molar-refractivity contribution in [3.8, 4) is 17.2 Å². The lowest BCUT2D eigenvalue weighted by Gasteiger charge is -2.17. The first kappa shape index (κ1) is 17.7. The normalized spacial score (nSPS) is 11.5. The lowest BCUT2D eigenvalue weighted by Crippen LogP contribution is -2.28. The van der Waals surface area contributed by atoms with Gasteiger partial charge < -0.3 is 19.5 Å². The molecule has 0 unspecified atom stereocenters. The standard InChI is InChI=1S/C19H23NO4/c1-13(15-7-5-6-8-16(15)22-2)20-19(21)12-14-9-10-17(23-3)18(11-14)24-4/h5-11,13H,12H2,1-4H3,(H,20,21)/t13-/m0/s1. The lowest BCUT2D eigenvalue weighted by atomic mass is 10.1. The molecule has 0 heterocycles. The molecule has 0 aliphatic rings. The van der Waals surface area contributed by atoms with Gasteiger partial charge in [-0.1, -0.05) is 24.3 Å². The SMILES string of the molecule is COc1ccc(CC(=O)N[C@@H](C)c2ccccc2OC)cc1OC. The highest BCUT2D eigenvalue weighted by atomic mass is 16.5. The number of ether oxygens (including phenoxy) is 3. The summed E-state index contributed by atoms with van der Waals surface area (Å²) in [5, 5.41) is 2.99. The summed E-state index contributed by atoms with van der Waals surface area (Å²) in [5.41, 5.74) is 1.80. The van der Waals surface area contributed by atoms with E-state index in [1.165, 1.54) is 0 Å². The van der Waals surface area contributed by atoms with Crippen molar-refractivity contribution in [2.45, 2.75) is 19.4 Å². The Morgan fingerprint density at radius 3 is 2.29 bits per heavy atom. The second-order valence-electron chi connectivity index (χ2n) is 5.40. The molecular formula is C19H23NO4. The molecule has 1 atom stereocenters. The Balaban J connectivity index is 2.05. The molecule has 5 heteroatoms. The number of amides is 1. The number of methoxy groups -OCH3 is 3. The summed E-state index contributed by atoms with van der Waals surface area (Å²) in [4.78, 5) is 12.3. The number of carbonyl (C=O) groups excluding carboxylic acids is 1. The molecule has 2 aromatic carbocycles. The van der Waals surface area contributed by atoms with E-state index in [4.69, 9.17) is 14.2 Å². The zero-order chi connectivity index (χ0) is 17.5. The summed E-state index contributed by atoms with van der Waals surface area (Å²) < 4.78 is 15.8. The molecule has 0 spiro atoms. The monoisotopic (exact) mass is 329 g/mol. The van der Waals surface area contributed by atoms with Crippen molar-refractivity contribution in [1.29, 1.82) is 0 Å². The van der Waals surface area contributed by atoms with E-state index < -0.39 is 0 Å². The molecular weight excluding hydrogens is 306 g/mol. The number of carbonyl (C=O) groups is 1. The van der Waals surface area contributed by atoms with Crippen LogP contribution in [0, 0.1) is 0 Å². The minimum Gasteiger partial charge on any atom is -0.496 e. The molecule has 0 fully saturated rings. The predicted octanol–water partition coefficient (Wildman–Crippen LogP) is 3.13. The van der Waals surface area contributed by atoms with Gasteiger partial charge in [-0.2, -0.15) is 0 Å². The minimum absolute atomic E-state index is 0.0689. The Hall–Kier alpha value is -2.69. The largest absolute Gasteiger partial charge is 0.496 e. The number of benzene rings is 2. The maximum Gasteiger partial charge on any atom is 0.224 e. The maximum atomic E-state index is 12.3. The molecule has 0 radical (unpaired) electrons. The highest BCUT2D eigenvalue weighted by Gasteiger charge is 2.14. The Bertz CT molecular complexity index is 700. The van der Waals surface area contributed by atoms with Gasteiger partial charge in [0, 0.05) is 5.56 Å². The molecule has 0 aliphatic heterocycles. The van der Waals surface area contributed by atoms with Gasteiger partial charge in [-0.25, -0.2) is 0 Å². The zero-order valence-corrected chi connectivity index (χ0v) is 14.5. The van der Waals surface area contributed by atoms with Gasteiger partial charge in [-0.3, -0.25) is 4.79 Å². The van der Waals surface area contributed by atoms with E-state index in [-0.39, 0.29) is 18.4 Å². The first-order valence-corrected chi connectivity index (χ1v) is 7.72. The highest BCUT2D eigenvalue weighted by molar-refractivity contribution is 5.79. The van der Waals surface area contributed by atoms with Crippen molar-refractivity contribution in [1.82, 2.24) is 5.32 Å². The molecule has 2 rings (SSSR count). The van der Waals surface area contributed by atoms with Gasteiger partial charge in [0.05, 0.1) is 33.8 Å². The molecule has 2 aromatic rings. The lowest BCUT2D eigenvalue weighted by molar-refractivity contribution is -0.121. The number of hydrogen-bond acceptors (Lipinski definition) is 4. The first-order valence-electron chi connectivity index (χ1n) is 7.72. The fourth-order valence-corrected chi connectivity index (χ4v) is 2.57. The number of nitrogens with one attached hydrogen (secondary N) is 1. The fourth-order valence-electron chi connectivity index (χ4n) is 2.57. The summed E-state index contributed by atoms with van der Waals surface area (Å²) in [6, 6.07) is 13.0. The van der Waals surface area contributed by atoms with Gasteiger partial charge in [-0.15, -0.1) is 0 Å². The quantitative estimate of drug-likeness (QED) is 0.848. The molecule has 5 nitrogen and oxygen atoms in total. The van der Waals surface area contributed by atoms with E-state index in [1.54, 1.807) is 27.4 Å².